The first kappa shape index (κ1) is 12.1. The summed E-state index contributed by atoms with van der Waals surface area (Å²) in [6, 6.07) is 25.6. The van der Waals surface area contributed by atoms with Crippen LogP contribution in [0.2, 0.25) is 0 Å². The van der Waals surface area contributed by atoms with Gasteiger partial charge in [-0.05, 0) is 50.9 Å². The zero-order valence-corrected chi connectivity index (χ0v) is 11.4. The topological polar surface area (TPSA) is 0 Å². The van der Waals surface area contributed by atoms with Gasteiger partial charge in [-0.3, -0.25) is 0 Å². The van der Waals surface area contributed by atoms with E-state index in [2.05, 4.69) is 30.3 Å². The molecule has 0 aliphatic carbocycles. The average molecular weight is 272 g/mol. The Bertz CT molecular complexity index is 883. The zero-order chi connectivity index (χ0) is 14.2. The fourth-order valence-corrected chi connectivity index (χ4v) is 2.94. The lowest BCUT2D eigenvalue weighted by Crippen LogP contribution is -1.85. The Kier molecular flexibility index (Phi) is 2.71. The van der Waals surface area contributed by atoms with Crippen molar-refractivity contribution in [2.45, 2.75) is 0 Å². The standard InChI is InChI=1S/C20H13F/c21-17-11-9-14(10-12-17)20-18-7-3-1-5-15(18)13-16-6-2-4-8-19(16)20/h1-13H. The van der Waals surface area contributed by atoms with Gasteiger partial charge in [0, 0.05) is 0 Å². The fourth-order valence-electron chi connectivity index (χ4n) is 2.94. The van der Waals surface area contributed by atoms with Crippen molar-refractivity contribution in [1.82, 2.24) is 0 Å². The van der Waals surface area contributed by atoms with Crippen LogP contribution in [0, 0.1) is 5.82 Å². The molecule has 0 aliphatic heterocycles. The predicted octanol–water partition coefficient (Wildman–Crippen LogP) is 5.80. The lowest BCUT2D eigenvalue weighted by Gasteiger charge is -2.12. The van der Waals surface area contributed by atoms with Crippen LogP contribution in [0.3, 0.4) is 0 Å². The first-order chi connectivity index (χ1) is 10.3. The van der Waals surface area contributed by atoms with Gasteiger partial charge < -0.3 is 0 Å². The molecular formula is C20H13F. The number of rotatable bonds is 1. The first-order valence-electron chi connectivity index (χ1n) is 6.99. The molecule has 0 unspecified atom stereocenters. The van der Waals surface area contributed by atoms with E-state index in [4.69, 9.17) is 0 Å². The first-order valence-corrected chi connectivity index (χ1v) is 6.99. The van der Waals surface area contributed by atoms with E-state index < -0.39 is 0 Å². The maximum Gasteiger partial charge on any atom is 0.123 e. The highest BCUT2D eigenvalue weighted by Crippen LogP contribution is 2.36. The monoisotopic (exact) mass is 272 g/mol. The number of halogens is 1. The Balaban J connectivity index is 2.18. The van der Waals surface area contributed by atoms with E-state index in [9.17, 15) is 4.39 Å². The summed E-state index contributed by atoms with van der Waals surface area (Å²) in [5.41, 5.74) is 2.22. The second-order valence-electron chi connectivity index (χ2n) is 5.20. The van der Waals surface area contributed by atoms with Crippen molar-refractivity contribution in [1.29, 1.82) is 0 Å². The Morgan fingerprint density at radius 1 is 0.571 bits per heavy atom. The van der Waals surface area contributed by atoms with Crippen LogP contribution in [-0.2, 0) is 0 Å². The minimum atomic E-state index is -0.205. The average Bonchev–Trinajstić information content (AvgIpc) is 2.53. The molecule has 0 heterocycles. The molecule has 0 fully saturated rings. The third-order valence-corrected chi connectivity index (χ3v) is 3.90. The largest absolute Gasteiger partial charge is 0.207 e. The summed E-state index contributed by atoms with van der Waals surface area (Å²) in [6.07, 6.45) is 0. The lowest BCUT2D eigenvalue weighted by atomic mass is 9.92. The van der Waals surface area contributed by atoms with Crippen LogP contribution in [0.5, 0.6) is 0 Å². The molecular weight excluding hydrogens is 259 g/mol. The van der Waals surface area contributed by atoms with E-state index in [1.807, 2.05) is 36.4 Å². The molecule has 100 valence electrons. The van der Waals surface area contributed by atoms with Gasteiger partial charge >= 0.3 is 0 Å². The van der Waals surface area contributed by atoms with Crippen LogP contribution in [0.25, 0.3) is 32.7 Å². The maximum absolute atomic E-state index is 13.2. The second-order valence-corrected chi connectivity index (χ2v) is 5.20. The van der Waals surface area contributed by atoms with Crippen LogP contribution < -0.4 is 0 Å². The second kappa shape index (κ2) is 4.71. The number of benzene rings is 4. The van der Waals surface area contributed by atoms with E-state index in [1.54, 1.807) is 0 Å². The third-order valence-electron chi connectivity index (χ3n) is 3.90. The molecule has 21 heavy (non-hydrogen) atoms. The maximum atomic E-state index is 13.2. The van der Waals surface area contributed by atoms with Crippen LogP contribution in [0.1, 0.15) is 0 Å². The molecule has 0 saturated heterocycles. The van der Waals surface area contributed by atoms with Gasteiger partial charge in [-0.1, -0.05) is 60.7 Å². The van der Waals surface area contributed by atoms with Crippen molar-refractivity contribution < 1.29 is 4.39 Å². The smallest absolute Gasteiger partial charge is 0.123 e. The van der Waals surface area contributed by atoms with Crippen LogP contribution in [0.4, 0.5) is 4.39 Å². The molecule has 1 heteroatoms. The van der Waals surface area contributed by atoms with Crippen molar-refractivity contribution in [3.8, 4) is 11.1 Å². The van der Waals surface area contributed by atoms with Crippen molar-refractivity contribution in [3.05, 3.63) is 84.7 Å². The van der Waals surface area contributed by atoms with Crippen molar-refractivity contribution in [2.75, 3.05) is 0 Å². The molecule has 0 spiro atoms. The van der Waals surface area contributed by atoms with E-state index in [0.717, 1.165) is 5.56 Å². The molecule has 0 amide bonds. The SMILES string of the molecule is Fc1ccc(-c2c3ccccc3cc3ccccc23)cc1. The molecule has 0 nitrogen and oxygen atoms in total. The minimum absolute atomic E-state index is 0.205. The Hall–Kier alpha value is -2.67. The van der Waals surface area contributed by atoms with Gasteiger partial charge in [0.1, 0.15) is 5.82 Å². The minimum Gasteiger partial charge on any atom is -0.207 e. The molecule has 0 atom stereocenters. The third kappa shape index (κ3) is 1.98. The fraction of sp³-hybridized carbons (Fsp3) is 0. The number of hydrogen-bond acceptors (Lipinski definition) is 0. The van der Waals surface area contributed by atoms with Gasteiger partial charge in [0.25, 0.3) is 0 Å². The quantitative estimate of drug-likeness (QED) is 0.384. The molecule has 0 aromatic heterocycles. The lowest BCUT2D eigenvalue weighted by molar-refractivity contribution is 0.628. The van der Waals surface area contributed by atoms with E-state index in [0.29, 0.717) is 0 Å². The number of fused-ring (bicyclic) bond motifs is 2. The molecule has 0 bridgehead atoms. The molecule has 4 aromatic carbocycles. The molecule has 0 radical (unpaired) electrons. The summed E-state index contributed by atoms with van der Waals surface area (Å²) in [6.45, 7) is 0. The highest BCUT2D eigenvalue weighted by molar-refractivity contribution is 6.12. The van der Waals surface area contributed by atoms with Crippen LogP contribution in [-0.4, -0.2) is 0 Å². The van der Waals surface area contributed by atoms with Crippen molar-refractivity contribution in [3.63, 3.8) is 0 Å². The van der Waals surface area contributed by atoms with Gasteiger partial charge in [-0.15, -0.1) is 0 Å². The summed E-state index contributed by atoms with van der Waals surface area (Å²) in [5.74, 6) is -0.205. The van der Waals surface area contributed by atoms with E-state index in [1.165, 1.54) is 39.2 Å². The van der Waals surface area contributed by atoms with Gasteiger partial charge in [0.2, 0.25) is 0 Å². The van der Waals surface area contributed by atoms with Crippen LogP contribution >= 0.6 is 0 Å². The molecule has 0 aliphatic rings. The predicted molar refractivity (Wildman–Crippen MR) is 86.8 cm³/mol. The molecule has 4 rings (SSSR count). The van der Waals surface area contributed by atoms with E-state index in [-0.39, 0.29) is 5.82 Å². The molecule has 0 saturated carbocycles. The zero-order valence-electron chi connectivity index (χ0n) is 11.4. The van der Waals surface area contributed by atoms with Crippen LogP contribution in [0.15, 0.2) is 78.9 Å². The van der Waals surface area contributed by atoms with Gasteiger partial charge in [-0.25, -0.2) is 4.39 Å². The number of hydrogen-bond donors (Lipinski definition) is 0. The molecule has 4 aromatic rings. The highest BCUT2D eigenvalue weighted by Gasteiger charge is 2.09. The Morgan fingerprint density at radius 3 is 1.67 bits per heavy atom. The molecule has 0 N–H and O–H groups in total. The summed E-state index contributed by atoms with van der Waals surface area (Å²) in [4.78, 5) is 0. The van der Waals surface area contributed by atoms with Crippen molar-refractivity contribution in [2.24, 2.45) is 0 Å². The summed E-state index contributed by atoms with van der Waals surface area (Å²) >= 11 is 0. The van der Waals surface area contributed by atoms with Gasteiger partial charge in [-0.2, -0.15) is 0 Å². The highest BCUT2D eigenvalue weighted by atomic mass is 19.1. The summed E-state index contributed by atoms with van der Waals surface area (Å²) < 4.78 is 13.2. The Labute approximate surface area is 122 Å². The summed E-state index contributed by atoms with van der Waals surface area (Å²) in [5, 5.41) is 4.80. The summed E-state index contributed by atoms with van der Waals surface area (Å²) in [7, 11) is 0. The normalized spacial score (nSPS) is 11.1. The Morgan fingerprint density at radius 2 is 1.10 bits per heavy atom. The van der Waals surface area contributed by atoms with Crippen molar-refractivity contribution >= 4 is 21.5 Å². The van der Waals surface area contributed by atoms with Gasteiger partial charge in [0.05, 0.1) is 0 Å². The van der Waals surface area contributed by atoms with Gasteiger partial charge in [0.15, 0.2) is 0 Å². The van der Waals surface area contributed by atoms with E-state index >= 15 is 0 Å².